The van der Waals surface area contributed by atoms with Crippen LogP contribution in [0.15, 0.2) is 66.8 Å². The number of benzene rings is 3. The zero-order valence-electron chi connectivity index (χ0n) is 24.6. The molecule has 41 heavy (non-hydrogen) atoms. The molecule has 5 rings (SSSR count). The molecule has 3 aromatic rings. The van der Waals surface area contributed by atoms with E-state index in [4.69, 9.17) is 14.2 Å². The molecule has 2 heterocycles. The number of phenolic OH excluding ortho intramolecular Hbond substituents is 1. The fourth-order valence-corrected chi connectivity index (χ4v) is 4.44. The van der Waals surface area contributed by atoms with E-state index in [9.17, 15) is 14.7 Å². The predicted octanol–water partition coefficient (Wildman–Crippen LogP) is 7.86. The van der Waals surface area contributed by atoms with Crippen molar-refractivity contribution in [3.05, 3.63) is 100 Å². The van der Waals surface area contributed by atoms with E-state index in [1.54, 1.807) is 44.4 Å². The van der Waals surface area contributed by atoms with Gasteiger partial charge in [0.1, 0.15) is 34.2 Å². The number of ether oxygens (including phenoxy) is 3. The molecule has 0 aliphatic carbocycles. The van der Waals surface area contributed by atoms with Gasteiger partial charge in [-0.1, -0.05) is 24.3 Å². The molecule has 0 saturated carbocycles. The topological polar surface area (TPSA) is 82.1 Å². The number of ketones is 2. The third-order valence-corrected chi connectivity index (χ3v) is 6.78. The summed E-state index contributed by atoms with van der Waals surface area (Å²) in [5, 5.41) is 10.5. The lowest BCUT2D eigenvalue weighted by molar-refractivity contribution is 0.101. The third-order valence-electron chi connectivity index (χ3n) is 6.78. The Kier molecular flexibility index (Phi) is 8.24. The van der Waals surface area contributed by atoms with Gasteiger partial charge in [-0.2, -0.15) is 0 Å². The summed E-state index contributed by atoms with van der Waals surface area (Å²) in [5.41, 5.74) is 3.65. The van der Waals surface area contributed by atoms with Crippen LogP contribution >= 0.6 is 0 Å². The molecule has 0 saturated heterocycles. The quantitative estimate of drug-likeness (QED) is 0.256. The number of aromatic hydroxyl groups is 1. The zero-order valence-corrected chi connectivity index (χ0v) is 24.6. The first-order valence-corrected chi connectivity index (χ1v) is 13.4. The number of carbonyl (C=O) groups excluding carboxylic acids is 2. The number of aryl methyl sites for hydroxylation is 1. The van der Waals surface area contributed by atoms with Crippen LogP contribution in [-0.4, -0.2) is 35.0 Å². The summed E-state index contributed by atoms with van der Waals surface area (Å²) in [4.78, 5) is 23.7. The van der Waals surface area contributed by atoms with Crippen molar-refractivity contribution in [1.29, 1.82) is 0 Å². The number of Topliss-reactive ketones (excluding diaryl/α,β-unsaturated/α-hetero) is 1. The number of carbonyl (C=O) groups is 2. The van der Waals surface area contributed by atoms with Gasteiger partial charge in [-0.05, 0) is 113 Å². The molecule has 0 unspecified atom stereocenters. The molecule has 2 aliphatic heterocycles. The Balaban J connectivity index is 0.000000218. The Morgan fingerprint density at radius 2 is 1.54 bits per heavy atom. The minimum absolute atomic E-state index is 0.0645. The van der Waals surface area contributed by atoms with Crippen LogP contribution in [0.25, 0.3) is 18.2 Å². The van der Waals surface area contributed by atoms with Crippen molar-refractivity contribution in [2.75, 3.05) is 7.11 Å². The highest BCUT2D eigenvalue weighted by Crippen LogP contribution is 2.38. The van der Waals surface area contributed by atoms with E-state index in [-0.39, 0.29) is 28.5 Å². The maximum Gasteiger partial charge on any atom is 0.189 e. The number of hydrogen-bond donors (Lipinski definition) is 1. The fourth-order valence-electron chi connectivity index (χ4n) is 4.44. The van der Waals surface area contributed by atoms with Gasteiger partial charge in [-0.3, -0.25) is 9.59 Å². The van der Waals surface area contributed by atoms with E-state index in [0.717, 1.165) is 33.8 Å². The molecule has 0 amide bonds. The van der Waals surface area contributed by atoms with Crippen LogP contribution in [0.4, 0.5) is 0 Å². The molecule has 0 bridgehead atoms. The molecule has 0 aromatic heterocycles. The number of fused-ring (bicyclic) bond motifs is 2. The van der Waals surface area contributed by atoms with Gasteiger partial charge in [0.2, 0.25) is 0 Å². The lowest BCUT2D eigenvalue weighted by Crippen LogP contribution is -2.27. The molecule has 212 valence electrons. The van der Waals surface area contributed by atoms with Gasteiger partial charge in [0.15, 0.2) is 11.6 Å². The number of allylic oxidation sites excluding steroid dienone is 1. The summed E-state index contributed by atoms with van der Waals surface area (Å²) in [7, 11) is 1.61. The van der Waals surface area contributed by atoms with Crippen molar-refractivity contribution in [2.45, 2.75) is 52.7 Å². The van der Waals surface area contributed by atoms with Crippen molar-refractivity contribution >= 4 is 29.8 Å². The van der Waals surface area contributed by atoms with Gasteiger partial charge >= 0.3 is 0 Å². The monoisotopic (exact) mass is 552 g/mol. The maximum absolute atomic E-state index is 12.5. The van der Waals surface area contributed by atoms with Crippen LogP contribution in [-0.2, 0) is 0 Å². The van der Waals surface area contributed by atoms with Gasteiger partial charge in [0, 0.05) is 11.1 Å². The highest BCUT2D eigenvalue weighted by atomic mass is 16.5. The van der Waals surface area contributed by atoms with Crippen molar-refractivity contribution in [3.63, 3.8) is 0 Å². The minimum atomic E-state index is -0.435. The van der Waals surface area contributed by atoms with E-state index < -0.39 is 5.60 Å². The Morgan fingerprint density at radius 3 is 2.22 bits per heavy atom. The maximum atomic E-state index is 12.5. The molecule has 6 nitrogen and oxygen atoms in total. The highest BCUT2D eigenvalue weighted by Gasteiger charge is 2.25. The summed E-state index contributed by atoms with van der Waals surface area (Å²) in [6.07, 6.45) is 10.8. The normalized spacial score (nSPS) is 15.5. The third kappa shape index (κ3) is 6.95. The summed E-state index contributed by atoms with van der Waals surface area (Å²) < 4.78 is 16.9. The smallest absolute Gasteiger partial charge is 0.189 e. The first kappa shape index (κ1) is 29.4. The average Bonchev–Trinajstić information content (AvgIpc) is 2.91. The van der Waals surface area contributed by atoms with Crippen LogP contribution in [0.3, 0.4) is 0 Å². The number of hydrogen-bond acceptors (Lipinski definition) is 6. The molecule has 0 atom stereocenters. The van der Waals surface area contributed by atoms with Gasteiger partial charge < -0.3 is 19.3 Å². The second kappa shape index (κ2) is 11.5. The lowest BCUT2D eigenvalue weighted by atomic mass is 9.98. The zero-order chi connectivity index (χ0) is 29.9. The molecular weight excluding hydrogens is 516 g/mol. The molecule has 2 aliphatic rings. The van der Waals surface area contributed by atoms with Crippen LogP contribution in [0.5, 0.6) is 23.0 Å². The lowest BCUT2D eigenvalue weighted by Gasteiger charge is -2.28. The van der Waals surface area contributed by atoms with Gasteiger partial charge in [-0.25, -0.2) is 0 Å². The second-order valence-electron chi connectivity index (χ2n) is 11.2. The Hall–Kier alpha value is -4.58. The highest BCUT2D eigenvalue weighted by molar-refractivity contribution is 6.09. The van der Waals surface area contributed by atoms with E-state index in [2.05, 4.69) is 0 Å². The summed E-state index contributed by atoms with van der Waals surface area (Å²) in [5.74, 6) is 1.91. The SMILES string of the molecule is CC(=O)c1ccc2c(c1)C=CC(C)(C)O2.COc1cc(/C=C/C(=O)c2ccc3c(c2O)C=CC(C)(C)O3)ccc1C. The van der Waals surface area contributed by atoms with Crippen LogP contribution < -0.4 is 14.2 Å². The molecule has 0 fully saturated rings. The minimum Gasteiger partial charge on any atom is -0.506 e. The number of rotatable bonds is 5. The van der Waals surface area contributed by atoms with E-state index >= 15 is 0 Å². The standard InChI is InChI=1S/C22H22O4.C13H14O2/c1-14-5-6-15(13-20(14)25-4)7-9-18(23)16-8-10-19-17(21(16)24)11-12-22(2,3)26-19;1-9(14)10-4-5-12-11(8-10)6-7-13(2,3)15-12/h5-13,24H,1-4H3;4-8H,1-3H3/b9-7+;. The van der Waals surface area contributed by atoms with Gasteiger partial charge in [-0.15, -0.1) is 0 Å². The largest absolute Gasteiger partial charge is 0.506 e. The van der Waals surface area contributed by atoms with E-state index in [0.29, 0.717) is 11.3 Å². The average molecular weight is 553 g/mol. The molecule has 0 spiro atoms. The summed E-state index contributed by atoms with van der Waals surface area (Å²) >= 11 is 0. The molecule has 3 aromatic carbocycles. The fraction of sp³-hybridized carbons (Fsp3) is 0.257. The molecule has 0 radical (unpaired) electrons. The first-order chi connectivity index (χ1) is 19.3. The van der Waals surface area contributed by atoms with Crippen LogP contribution in [0.1, 0.15) is 77.6 Å². The predicted molar refractivity (Wildman–Crippen MR) is 163 cm³/mol. The second-order valence-corrected chi connectivity index (χ2v) is 11.2. The molecular formula is C35H36O6. The van der Waals surface area contributed by atoms with Gasteiger partial charge in [0.25, 0.3) is 0 Å². The summed E-state index contributed by atoms with van der Waals surface area (Å²) in [6, 6.07) is 14.5. The van der Waals surface area contributed by atoms with Crippen molar-refractivity contribution in [2.24, 2.45) is 0 Å². The van der Waals surface area contributed by atoms with Gasteiger partial charge in [0.05, 0.1) is 18.2 Å². The van der Waals surface area contributed by atoms with E-state index in [1.807, 2.05) is 83.2 Å². The molecule has 1 N–H and O–H groups in total. The molecule has 6 heteroatoms. The van der Waals surface area contributed by atoms with Crippen molar-refractivity contribution in [1.82, 2.24) is 0 Å². The van der Waals surface area contributed by atoms with Crippen LogP contribution in [0, 0.1) is 6.92 Å². The summed E-state index contributed by atoms with van der Waals surface area (Å²) in [6.45, 7) is 11.4. The van der Waals surface area contributed by atoms with Crippen LogP contribution in [0.2, 0.25) is 0 Å². The van der Waals surface area contributed by atoms with Crippen molar-refractivity contribution in [3.8, 4) is 23.0 Å². The first-order valence-electron chi connectivity index (χ1n) is 13.4. The number of methoxy groups -OCH3 is 1. The van der Waals surface area contributed by atoms with Crippen molar-refractivity contribution < 1.29 is 28.9 Å². The Labute approximate surface area is 241 Å². The Bertz CT molecular complexity index is 1590. The van der Waals surface area contributed by atoms with E-state index in [1.165, 1.54) is 6.08 Å². The number of phenols is 1. The Morgan fingerprint density at radius 1 is 0.878 bits per heavy atom.